The third-order valence-corrected chi connectivity index (χ3v) is 3.14. The Kier molecular flexibility index (Phi) is 5.49. The Bertz CT molecular complexity index is 243. The lowest BCUT2D eigenvalue weighted by molar-refractivity contribution is -0.137. The number of carboxylic acids is 1. The maximum absolute atomic E-state index is 10.5. The van der Waals surface area contributed by atoms with E-state index >= 15 is 0 Å². The molecule has 0 aromatic heterocycles. The average Bonchev–Trinajstić information content (AvgIpc) is 2.39. The van der Waals surface area contributed by atoms with Gasteiger partial charge in [-0.1, -0.05) is 6.08 Å². The SMILES string of the molecule is C=CCN1CC(CCC(=O)O)NCCC1C. The summed E-state index contributed by atoms with van der Waals surface area (Å²) in [6.07, 6.45) is 3.97. The van der Waals surface area contributed by atoms with Gasteiger partial charge in [-0.15, -0.1) is 6.58 Å². The molecular weight excluding hydrogens is 204 g/mol. The highest BCUT2D eigenvalue weighted by Crippen LogP contribution is 2.11. The minimum atomic E-state index is -0.714. The smallest absolute Gasteiger partial charge is 0.303 e. The maximum Gasteiger partial charge on any atom is 0.303 e. The zero-order valence-corrected chi connectivity index (χ0v) is 9.98. The normalized spacial score (nSPS) is 27.3. The van der Waals surface area contributed by atoms with Crippen molar-refractivity contribution >= 4 is 5.97 Å². The molecule has 2 unspecified atom stereocenters. The summed E-state index contributed by atoms with van der Waals surface area (Å²) in [5.41, 5.74) is 0. The highest BCUT2D eigenvalue weighted by atomic mass is 16.4. The Morgan fingerprint density at radius 2 is 2.44 bits per heavy atom. The van der Waals surface area contributed by atoms with Crippen LogP contribution in [-0.4, -0.2) is 47.7 Å². The van der Waals surface area contributed by atoms with E-state index in [1.54, 1.807) is 0 Å². The van der Waals surface area contributed by atoms with Gasteiger partial charge in [0.2, 0.25) is 0 Å². The van der Waals surface area contributed by atoms with Gasteiger partial charge in [-0.2, -0.15) is 0 Å². The minimum Gasteiger partial charge on any atom is -0.481 e. The monoisotopic (exact) mass is 226 g/mol. The van der Waals surface area contributed by atoms with Gasteiger partial charge in [0.25, 0.3) is 0 Å². The summed E-state index contributed by atoms with van der Waals surface area (Å²) in [6.45, 7) is 8.75. The number of hydrogen-bond donors (Lipinski definition) is 2. The Morgan fingerprint density at radius 1 is 1.69 bits per heavy atom. The van der Waals surface area contributed by atoms with Crippen LogP contribution >= 0.6 is 0 Å². The van der Waals surface area contributed by atoms with Gasteiger partial charge >= 0.3 is 5.97 Å². The van der Waals surface area contributed by atoms with E-state index in [1.807, 2.05) is 6.08 Å². The van der Waals surface area contributed by atoms with Gasteiger partial charge in [0.15, 0.2) is 0 Å². The van der Waals surface area contributed by atoms with E-state index < -0.39 is 5.97 Å². The van der Waals surface area contributed by atoms with Gasteiger partial charge in [0, 0.05) is 31.6 Å². The number of carbonyl (C=O) groups is 1. The van der Waals surface area contributed by atoms with Gasteiger partial charge in [-0.05, 0) is 26.3 Å². The lowest BCUT2D eigenvalue weighted by atomic mass is 10.1. The molecule has 0 amide bonds. The standard InChI is InChI=1S/C12H22N2O2/c1-3-8-14-9-11(4-5-12(15)16)13-7-6-10(14)2/h3,10-11,13H,1,4-9H2,2H3,(H,15,16). The molecule has 1 rings (SSSR count). The molecule has 0 aromatic rings. The number of hydrogen-bond acceptors (Lipinski definition) is 3. The molecular formula is C12H22N2O2. The number of nitrogens with zero attached hydrogens (tertiary/aromatic N) is 1. The van der Waals surface area contributed by atoms with E-state index in [0.29, 0.717) is 18.5 Å². The number of rotatable bonds is 5. The molecule has 1 fully saturated rings. The van der Waals surface area contributed by atoms with Crippen LogP contribution in [0.1, 0.15) is 26.2 Å². The van der Waals surface area contributed by atoms with Crippen LogP contribution in [0.3, 0.4) is 0 Å². The largest absolute Gasteiger partial charge is 0.481 e. The Hall–Kier alpha value is -0.870. The van der Waals surface area contributed by atoms with Gasteiger partial charge < -0.3 is 10.4 Å². The molecule has 0 aliphatic carbocycles. The van der Waals surface area contributed by atoms with E-state index in [2.05, 4.69) is 23.7 Å². The molecule has 0 saturated carbocycles. The van der Waals surface area contributed by atoms with Crippen molar-refractivity contribution in [3.63, 3.8) is 0 Å². The second kappa shape index (κ2) is 6.66. The second-order valence-electron chi connectivity index (χ2n) is 4.46. The number of carboxylic acid groups (broad SMARTS) is 1. The summed E-state index contributed by atoms with van der Waals surface area (Å²) in [7, 11) is 0. The molecule has 4 heteroatoms. The highest BCUT2D eigenvalue weighted by molar-refractivity contribution is 5.66. The van der Waals surface area contributed by atoms with E-state index in [9.17, 15) is 4.79 Å². The van der Waals surface area contributed by atoms with Crippen molar-refractivity contribution in [1.82, 2.24) is 10.2 Å². The first-order valence-electron chi connectivity index (χ1n) is 5.93. The summed E-state index contributed by atoms with van der Waals surface area (Å²) in [4.78, 5) is 12.9. The second-order valence-corrected chi connectivity index (χ2v) is 4.46. The molecule has 1 aliphatic rings. The summed E-state index contributed by atoms with van der Waals surface area (Å²) < 4.78 is 0. The maximum atomic E-state index is 10.5. The fourth-order valence-corrected chi connectivity index (χ4v) is 2.12. The van der Waals surface area contributed by atoms with Crippen LogP contribution in [0, 0.1) is 0 Å². The fourth-order valence-electron chi connectivity index (χ4n) is 2.12. The van der Waals surface area contributed by atoms with E-state index in [4.69, 9.17) is 5.11 Å². The van der Waals surface area contributed by atoms with Crippen LogP contribution in [0.5, 0.6) is 0 Å². The molecule has 1 heterocycles. The third kappa shape index (κ3) is 4.33. The zero-order chi connectivity index (χ0) is 12.0. The minimum absolute atomic E-state index is 0.244. The first-order valence-corrected chi connectivity index (χ1v) is 5.93. The van der Waals surface area contributed by atoms with Crippen molar-refractivity contribution in [3.8, 4) is 0 Å². The predicted molar refractivity (Wildman–Crippen MR) is 64.5 cm³/mol. The lowest BCUT2D eigenvalue weighted by Gasteiger charge is -2.27. The van der Waals surface area contributed by atoms with E-state index in [0.717, 1.165) is 26.1 Å². The third-order valence-electron chi connectivity index (χ3n) is 3.14. The van der Waals surface area contributed by atoms with E-state index in [-0.39, 0.29) is 6.42 Å². The van der Waals surface area contributed by atoms with E-state index in [1.165, 1.54) is 0 Å². The summed E-state index contributed by atoms with van der Waals surface area (Å²) in [5, 5.41) is 12.1. The average molecular weight is 226 g/mol. The van der Waals surface area contributed by atoms with Crippen molar-refractivity contribution in [2.45, 2.75) is 38.3 Å². The molecule has 16 heavy (non-hydrogen) atoms. The lowest BCUT2D eigenvalue weighted by Crippen LogP contribution is -2.40. The molecule has 1 aliphatic heterocycles. The van der Waals surface area contributed by atoms with Gasteiger partial charge in [0.1, 0.15) is 0 Å². The molecule has 2 atom stereocenters. The predicted octanol–water partition coefficient (Wildman–Crippen LogP) is 1.09. The van der Waals surface area contributed by atoms with Crippen LogP contribution in [0.2, 0.25) is 0 Å². The summed E-state index contributed by atoms with van der Waals surface area (Å²) in [6, 6.07) is 0.835. The molecule has 0 spiro atoms. The van der Waals surface area contributed by atoms with Crippen molar-refractivity contribution in [1.29, 1.82) is 0 Å². The van der Waals surface area contributed by atoms with Crippen molar-refractivity contribution in [2.24, 2.45) is 0 Å². The fraction of sp³-hybridized carbons (Fsp3) is 0.750. The highest BCUT2D eigenvalue weighted by Gasteiger charge is 2.21. The van der Waals surface area contributed by atoms with Gasteiger partial charge in [-0.25, -0.2) is 0 Å². The van der Waals surface area contributed by atoms with Gasteiger partial charge in [0.05, 0.1) is 0 Å². The van der Waals surface area contributed by atoms with Crippen LogP contribution in [0.4, 0.5) is 0 Å². The van der Waals surface area contributed by atoms with Crippen molar-refractivity contribution in [3.05, 3.63) is 12.7 Å². The molecule has 0 bridgehead atoms. The Balaban J connectivity index is 2.46. The zero-order valence-electron chi connectivity index (χ0n) is 9.98. The first kappa shape index (κ1) is 13.2. The first-order chi connectivity index (χ1) is 7.63. The van der Waals surface area contributed by atoms with Crippen LogP contribution < -0.4 is 5.32 Å². The molecule has 1 saturated heterocycles. The summed E-state index contributed by atoms with van der Waals surface area (Å²) in [5.74, 6) is -0.714. The van der Waals surface area contributed by atoms with Crippen molar-refractivity contribution < 1.29 is 9.90 Å². The Morgan fingerprint density at radius 3 is 3.06 bits per heavy atom. The topological polar surface area (TPSA) is 52.6 Å². The van der Waals surface area contributed by atoms with Crippen LogP contribution in [0.15, 0.2) is 12.7 Å². The Labute approximate surface area is 97.3 Å². The van der Waals surface area contributed by atoms with Gasteiger partial charge in [-0.3, -0.25) is 9.69 Å². The van der Waals surface area contributed by atoms with Crippen molar-refractivity contribution in [2.75, 3.05) is 19.6 Å². The summed E-state index contributed by atoms with van der Waals surface area (Å²) >= 11 is 0. The molecule has 4 nitrogen and oxygen atoms in total. The number of nitrogens with one attached hydrogen (secondary N) is 1. The quantitative estimate of drug-likeness (QED) is 0.689. The number of aliphatic carboxylic acids is 1. The molecule has 0 radical (unpaired) electrons. The molecule has 0 aromatic carbocycles. The molecule has 2 N–H and O–H groups in total. The van der Waals surface area contributed by atoms with Crippen LogP contribution in [-0.2, 0) is 4.79 Å². The van der Waals surface area contributed by atoms with Crippen LogP contribution in [0.25, 0.3) is 0 Å². The molecule has 92 valence electrons.